The minimum absolute atomic E-state index is 0.000209. The molecule has 0 saturated heterocycles. The molecule has 13 heteroatoms. The Hall–Kier alpha value is -3.91. The second-order valence-corrected chi connectivity index (χ2v) is 9.80. The predicted molar refractivity (Wildman–Crippen MR) is 143 cm³/mol. The fourth-order valence-corrected chi connectivity index (χ4v) is 4.13. The maximum absolute atomic E-state index is 12.4. The number of aliphatic hydroxyl groups excluding tert-OH is 1. The van der Waals surface area contributed by atoms with Gasteiger partial charge in [0.25, 0.3) is 11.8 Å². The minimum Gasteiger partial charge on any atom is -0.391 e. The number of hydrogen-bond acceptors (Lipinski definition) is 7. The van der Waals surface area contributed by atoms with Crippen LogP contribution in [0.1, 0.15) is 22.8 Å². The molecule has 0 aliphatic heterocycles. The Labute approximate surface area is 232 Å². The molecule has 0 heterocycles. The van der Waals surface area contributed by atoms with E-state index >= 15 is 0 Å². The number of benzene rings is 3. The fourth-order valence-electron chi connectivity index (χ4n) is 3.59. The van der Waals surface area contributed by atoms with Crippen molar-refractivity contribution >= 4 is 35.2 Å². The molecule has 0 aromatic heterocycles. The number of thioether (sulfide) groups is 1. The zero-order valence-corrected chi connectivity index (χ0v) is 22.0. The van der Waals surface area contributed by atoms with Gasteiger partial charge >= 0.3 is 5.51 Å². The summed E-state index contributed by atoms with van der Waals surface area (Å²) in [6, 6.07) is 18.1. The maximum Gasteiger partial charge on any atom is 0.446 e. The van der Waals surface area contributed by atoms with Gasteiger partial charge in [0.1, 0.15) is 6.04 Å². The van der Waals surface area contributed by atoms with E-state index in [1.807, 2.05) is 0 Å². The predicted octanol–water partition coefficient (Wildman–Crippen LogP) is 3.68. The van der Waals surface area contributed by atoms with E-state index in [2.05, 4.69) is 16.0 Å². The van der Waals surface area contributed by atoms with Crippen molar-refractivity contribution in [2.45, 2.75) is 36.0 Å². The summed E-state index contributed by atoms with van der Waals surface area (Å²) in [6.07, 6.45) is -1.23. The molecule has 0 bridgehead atoms. The second kappa shape index (κ2) is 13.9. The van der Waals surface area contributed by atoms with Crippen LogP contribution in [0.25, 0.3) is 11.1 Å². The average Bonchev–Trinajstić information content (AvgIpc) is 2.91. The molecular formula is C27H27F3N4O5S. The summed E-state index contributed by atoms with van der Waals surface area (Å²) in [5.41, 5.74) is 0.211. The molecule has 0 aliphatic rings. The quantitative estimate of drug-likeness (QED) is 0.116. The first kappa shape index (κ1) is 30.6. The first-order chi connectivity index (χ1) is 18.9. The zero-order chi connectivity index (χ0) is 29.3. The largest absolute Gasteiger partial charge is 0.446 e. The molecule has 9 nitrogen and oxygen atoms in total. The highest BCUT2D eigenvalue weighted by Crippen LogP contribution is 2.36. The number of nitrogens with one attached hydrogen (secondary N) is 4. The van der Waals surface area contributed by atoms with Crippen molar-refractivity contribution in [1.82, 2.24) is 16.1 Å². The number of hydrogen-bond donors (Lipinski definition) is 6. The number of rotatable bonds is 11. The Bertz CT molecular complexity index is 1300. The van der Waals surface area contributed by atoms with E-state index in [-0.39, 0.29) is 34.7 Å². The van der Waals surface area contributed by atoms with E-state index in [4.69, 9.17) is 5.21 Å². The first-order valence-corrected chi connectivity index (χ1v) is 12.8. The highest BCUT2D eigenvalue weighted by molar-refractivity contribution is 8.00. The maximum atomic E-state index is 12.4. The Kier molecular flexibility index (Phi) is 10.7. The van der Waals surface area contributed by atoms with Crippen LogP contribution in [-0.4, -0.2) is 52.2 Å². The molecule has 0 saturated carbocycles. The van der Waals surface area contributed by atoms with E-state index < -0.39 is 29.5 Å². The van der Waals surface area contributed by atoms with Crippen molar-refractivity contribution in [2.24, 2.45) is 0 Å². The van der Waals surface area contributed by atoms with Gasteiger partial charge in [-0.1, -0.05) is 36.4 Å². The van der Waals surface area contributed by atoms with Crippen molar-refractivity contribution in [2.75, 3.05) is 11.9 Å². The van der Waals surface area contributed by atoms with Crippen LogP contribution in [0.4, 0.5) is 18.9 Å². The van der Waals surface area contributed by atoms with Gasteiger partial charge in [-0.3, -0.25) is 19.6 Å². The lowest BCUT2D eigenvalue weighted by Crippen LogP contribution is -2.51. The van der Waals surface area contributed by atoms with Crippen molar-refractivity contribution in [1.29, 1.82) is 0 Å². The standard InChI is InChI=1S/C27H27F3N4O5S/c1-16(35)24(26(38)34-39)33-25(37)20-6-4-18(5-7-20)19-8-10-21(11-9-19)32-23(36)15-31-14-17-2-12-22(13-3-17)40-27(28,29)30/h2-13,16,24,31,35,39H,14-15H2,1H3,(H,32,36)(H,33,37)(H,34,38)/t16-,24+/m1/s1. The molecule has 3 aromatic carbocycles. The van der Waals surface area contributed by atoms with Gasteiger partial charge in [-0.05, 0) is 71.8 Å². The van der Waals surface area contributed by atoms with Crippen LogP contribution < -0.4 is 21.4 Å². The van der Waals surface area contributed by atoms with Crippen LogP contribution in [0.2, 0.25) is 0 Å². The lowest BCUT2D eigenvalue weighted by molar-refractivity contribution is -0.133. The highest BCUT2D eigenvalue weighted by Gasteiger charge is 2.29. The number of alkyl halides is 3. The fraction of sp³-hybridized carbons (Fsp3) is 0.222. The molecular weight excluding hydrogens is 549 g/mol. The number of carbonyl (C=O) groups is 3. The lowest BCUT2D eigenvalue weighted by Gasteiger charge is -2.19. The van der Waals surface area contributed by atoms with Crippen molar-refractivity contribution in [3.63, 3.8) is 0 Å². The SMILES string of the molecule is C[C@@H](O)[C@H](NC(=O)c1ccc(-c2ccc(NC(=O)CNCc3ccc(SC(F)(F)F)cc3)cc2)cc1)C(=O)NO. The van der Waals surface area contributed by atoms with Gasteiger partial charge in [-0.25, -0.2) is 5.48 Å². The van der Waals surface area contributed by atoms with Gasteiger partial charge in [0.05, 0.1) is 12.6 Å². The number of carbonyl (C=O) groups excluding carboxylic acids is 3. The third-order valence-corrected chi connectivity index (χ3v) is 6.32. The Morgan fingerprint density at radius 1 is 0.900 bits per heavy atom. The molecule has 0 fully saturated rings. The van der Waals surface area contributed by atoms with Crippen LogP contribution >= 0.6 is 11.8 Å². The second-order valence-electron chi connectivity index (χ2n) is 8.67. The summed E-state index contributed by atoms with van der Waals surface area (Å²) in [5.74, 6) is -1.84. The normalized spacial score (nSPS) is 12.8. The van der Waals surface area contributed by atoms with Crippen molar-refractivity contribution in [3.8, 4) is 11.1 Å². The third kappa shape index (κ3) is 9.38. The monoisotopic (exact) mass is 576 g/mol. The number of hydroxylamine groups is 1. The molecule has 0 radical (unpaired) electrons. The van der Waals surface area contributed by atoms with Crippen molar-refractivity contribution in [3.05, 3.63) is 83.9 Å². The van der Waals surface area contributed by atoms with Crippen LogP contribution in [0.15, 0.2) is 77.7 Å². The molecule has 40 heavy (non-hydrogen) atoms. The molecule has 3 amide bonds. The van der Waals surface area contributed by atoms with E-state index in [1.54, 1.807) is 60.7 Å². The number of amides is 3. The first-order valence-electron chi connectivity index (χ1n) is 11.9. The summed E-state index contributed by atoms with van der Waals surface area (Å²) in [5, 5.41) is 26.5. The topological polar surface area (TPSA) is 140 Å². The van der Waals surface area contributed by atoms with Crippen molar-refractivity contribution < 1.29 is 37.9 Å². The van der Waals surface area contributed by atoms with E-state index in [0.29, 0.717) is 12.2 Å². The highest BCUT2D eigenvalue weighted by atomic mass is 32.2. The molecule has 212 valence electrons. The average molecular weight is 577 g/mol. The number of aliphatic hydroxyl groups is 1. The van der Waals surface area contributed by atoms with Gasteiger partial charge in [0, 0.05) is 22.7 Å². The summed E-state index contributed by atoms with van der Waals surface area (Å²) >= 11 is -0.183. The van der Waals surface area contributed by atoms with Gasteiger partial charge < -0.3 is 21.1 Å². The molecule has 2 atom stereocenters. The van der Waals surface area contributed by atoms with E-state index in [1.165, 1.54) is 24.5 Å². The van der Waals surface area contributed by atoms with Crippen LogP contribution in [0.5, 0.6) is 0 Å². The summed E-state index contributed by atoms with van der Waals surface area (Å²) in [6.45, 7) is 1.61. The summed E-state index contributed by atoms with van der Waals surface area (Å²) in [4.78, 5) is 36.4. The Morgan fingerprint density at radius 2 is 1.48 bits per heavy atom. The smallest absolute Gasteiger partial charge is 0.391 e. The minimum atomic E-state index is -4.34. The summed E-state index contributed by atoms with van der Waals surface area (Å²) < 4.78 is 37.3. The Balaban J connectivity index is 1.48. The van der Waals surface area contributed by atoms with Crippen LogP contribution in [0.3, 0.4) is 0 Å². The molecule has 0 unspecified atom stereocenters. The molecule has 3 rings (SSSR count). The molecule has 0 aliphatic carbocycles. The summed E-state index contributed by atoms with van der Waals surface area (Å²) in [7, 11) is 0. The number of anilines is 1. The third-order valence-electron chi connectivity index (χ3n) is 5.58. The van der Waals surface area contributed by atoms with Gasteiger partial charge in [0.15, 0.2) is 0 Å². The van der Waals surface area contributed by atoms with Crippen LogP contribution in [0, 0.1) is 0 Å². The van der Waals surface area contributed by atoms with E-state index in [9.17, 15) is 32.7 Å². The van der Waals surface area contributed by atoms with E-state index in [0.717, 1.165) is 16.7 Å². The molecule has 0 spiro atoms. The lowest BCUT2D eigenvalue weighted by atomic mass is 10.0. The number of halogens is 3. The van der Waals surface area contributed by atoms with Gasteiger partial charge in [-0.15, -0.1) is 0 Å². The van der Waals surface area contributed by atoms with Gasteiger partial charge in [0.2, 0.25) is 5.91 Å². The van der Waals surface area contributed by atoms with Crippen LogP contribution in [-0.2, 0) is 16.1 Å². The molecule has 3 aromatic rings. The van der Waals surface area contributed by atoms with Gasteiger partial charge in [-0.2, -0.15) is 13.2 Å². The zero-order valence-electron chi connectivity index (χ0n) is 21.2. The molecule has 6 N–H and O–H groups in total. The Morgan fingerprint density at radius 3 is 2.00 bits per heavy atom.